The Hall–Kier alpha value is 0.370. The van der Waals surface area contributed by atoms with Crippen molar-refractivity contribution in [2.45, 2.75) is 134 Å². The number of carbonyl (C=O) groups is 1. The van der Waals surface area contributed by atoms with Crippen LogP contribution in [0.25, 0.3) is 0 Å². The molecule has 10 heteroatoms. The van der Waals surface area contributed by atoms with E-state index in [1.807, 2.05) is 0 Å². The van der Waals surface area contributed by atoms with Crippen molar-refractivity contribution in [3.05, 3.63) is 0 Å². The minimum Gasteiger partial charge on any atom is -0.375 e. The molecule has 0 aromatic heterocycles. The number of halogens is 1. The SMILES string of the molecule is CCCCCCCCCCCCCCCCCCNC(=O)S[C@H]1CCCO[C@H]1COP(=O)(O)OCCBr. The molecular formula is C27H53BrNO6PS. The molecule has 1 heterocycles. The van der Waals surface area contributed by atoms with E-state index in [2.05, 4.69) is 28.2 Å². The summed E-state index contributed by atoms with van der Waals surface area (Å²) >= 11 is 4.35. The van der Waals surface area contributed by atoms with Gasteiger partial charge >= 0.3 is 7.82 Å². The molecule has 2 N–H and O–H groups in total. The van der Waals surface area contributed by atoms with Gasteiger partial charge < -0.3 is 14.9 Å². The molecule has 0 saturated carbocycles. The maximum atomic E-state index is 12.4. The van der Waals surface area contributed by atoms with Crippen LogP contribution in [0.3, 0.4) is 0 Å². The molecule has 220 valence electrons. The van der Waals surface area contributed by atoms with Crippen LogP contribution >= 0.6 is 35.5 Å². The molecule has 0 bridgehead atoms. The second-order valence-electron chi connectivity index (χ2n) is 10.0. The highest BCUT2D eigenvalue weighted by Gasteiger charge is 2.32. The fraction of sp³-hybridized carbons (Fsp3) is 0.963. The number of rotatable bonds is 24. The van der Waals surface area contributed by atoms with E-state index >= 15 is 0 Å². The van der Waals surface area contributed by atoms with Crippen molar-refractivity contribution in [1.82, 2.24) is 5.32 Å². The molecule has 0 spiro atoms. The average molecular weight is 631 g/mol. The Morgan fingerprint density at radius 1 is 0.946 bits per heavy atom. The molecular weight excluding hydrogens is 577 g/mol. The Morgan fingerprint density at radius 3 is 2.03 bits per heavy atom. The van der Waals surface area contributed by atoms with Crippen LogP contribution in [0.4, 0.5) is 4.79 Å². The lowest BCUT2D eigenvalue weighted by Gasteiger charge is -2.30. The van der Waals surface area contributed by atoms with E-state index in [9.17, 15) is 14.3 Å². The van der Waals surface area contributed by atoms with Gasteiger partial charge in [0.2, 0.25) is 0 Å². The minimum atomic E-state index is -4.10. The summed E-state index contributed by atoms with van der Waals surface area (Å²) in [7, 11) is -4.10. The number of unbranched alkanes of at least 4 members (excludes halogenated alkanes) is 15. The van der Waals surface area contributed by atoms with E-state index in [-0.39, 0.29) is 23.7 Å². The van der Waals surface area contributed by atoms with Crippen molar-refractivity contribution in [3.8, 4) is 0 Å². The molecule has 1 fully saturated rings. The first kappa shape index (κ1) is 35.4. The monoisotopic (exact) mass is 629 g/mol. The number of phosphoric acid groups is 1. The fourth-order valence-corrected chi connectivity index (χ4v) is 6.70. The molecule has 1 amide bonds. The Kier molecular flexibility index (Phi) is 23.1. The zero-order chi connectivity index (χ0) is 27.0. The Bertz CT molecular complexity index is 603. The van der Waals surface area contributed by atoms with Crippen molar-refractivity contribution in [1.29, 1.82) is 0 Å². The van der Waals surface area contributed by atoms with Gasteiger partial charge in [-0.1, -0.05) is 131 Å². The van der Waals surface area contributed by atoms with Crippen LogP contribution in [-0.2, 0) is 18.3 Å². The number of alkyl halides is 1. The third-order valence-corrected chi connectivity index (χ3v) is 9.18. The zero-order valence-corrected chi connectivity index (χ0v) is 26.4. The molecule has 7 nitrogen and oxygen atoms in total. The summed E-state index contributed by atoms with van der Waals surface area (Å²) in [6, 6.07) is 0. The van der Waals surface area contributed by atoms with Gasteiger partial charge in [0.25, 0.3) is 5.24 Å². The van der Waals surface area contributed by atoms with Gasteiger partial charge in [0, 0.05) is 23.7 Å². The van der Waals surface area contributed by atoms with Crippen LogP contribution in [0.5, 0.6) is 0 Å². The number of ether oxygens (including phenoxy) is 1. The van der Waals surface area contributed by atoms with Crippen LogP contribution in [-0.4, -0.2) is 53.2 Å². The van der Waals surface area contributed by atoms with Gasteiger partial charge in [0.05, 0.1) is 19.3 Å². The lowest BCUT2D eigenvalue weighted by Crippen LogP contribution is -2.37. The van der Waals surface area contributed by atoms with Crippen molar-refractivity contribution in [2.24, 2.45) is 0 Å². The van der Waals surface area contributed by atoms with Crippen LogP contribution in [0.2, 0.25) is 0 Å². The summed E-state index contributed by atoms with van der Waals surface area (Å²) in [6.45, 7) is 3.53. The van der Waals surface area contributed by atoms with Crippen molar-refractivity contribution in [3.63, 3.8) is 0 Å². The molecule has 3 atom stereocenters. The first-order valence-corrected chi connectivity index (χ1v) is 18.2. The summed E-state index contributed by atoms with van der Waals surface area (Å²) < 4.78 is 27.5. The number of hydrogen-bond acceptors (Lipinski definition) is 6. The molecule has 37 heavy (non-hydrogen) atoms. The smallest absolute Gasteiger partial charge is 0.375 e. The third kappa shape index (κ3) is 20.9. The molecule has 0 aromatic rings. The maximum Gasteiger partial charge on any atom is 0.472 e. The first-order valence-electron chi connectivity index (χ1n) is 14.7. The number of phosphoric ester groups is 1. The van der Waals surface area contributed by atoms with Gasteiger partial charge in [-0.25, -0.2) is 4.57 Å². The molecule has 1 saturated heterocycles. The quantitative estimate of drug-likeness (QED) is 0.0626. The van der Waals surface area contributed by atoms with Crippen molar-refractivity contribution >= 4 is 40.8 Å². The fourth-order valence-electron chi connectivity index (χ4n) is 4.50. The third-order valence-electron chi connectivity index (χ3n) is 6.67. The summed E-state index contributed by atoms with van der Waals surface area (Å²) in [6.07, 6.45) is 22.6. The van der Waals surface area contributed by atoms with Gasteiger partial charge in [-0.05, 0) is 19.3 Å². The van der Waals surface area contributed by atoms with Gasteiger partial charge in [-0.15, -0.1) is 0 Å². The highest BCUT2D eigenvalue weighted by atomic mass is 79.9. The van der Waals surface area contributed by atoms with Crippen molar-refractivity contribution < 1.29 is 28.0 Å². The second-order valence-corrected chi connectivity index (χ2v) is 13.5. The summed E-state index contributed by atoms with van der Waals surface area (Å²) in [5, 5.41) is 3.27. The van der Waals surface area contributed by atoms with E-state index < -0.39 is 13.9 Å². The molecule has 1 unspecified atom stereocenters. The summed E-state index contributed by atoms with van der Waals surface area (Å²) in [5.74, 6) is 0. The molecule has 0 aliphatic carbocycles. The summed E-state index contributed by atoms with van der Waals surface area (Å²) in [4.78, 5) is 22.1. The van der Waals surface area contributed by atoms with Gasteiger partial charge in [0.15, 0.2) is 0 Å². The first-order chi connectivity index (χ1) is 18.0. The van der Waals surface area contributed by atoms with Crippen molar-refractivity contribution in [2.75, 3.05) is 31.7 Å². The second kappa shape index (κ2) is 24.2. The van der Waals surface area contributed by atoms with Crippen LogP contribution < -0.4 is 5.32 Å². The van der Waals surface area contributed by atoms with E-state index in [1.165, 1.54) is 102 Å². The van der Waals surface area contributed by atoms with Crippen LogP contribution in [0.1, 0.15) is 122 Å². The molecule has 1 aliphatic rings. The lowest BCUT2D eigenvalue weighted by atomic mass is 10.0. The molecule has 0 aromatic carbocycles. The van der Waals surface area contributed by atoms with Gasteiger partial charge in [0.1, 0.15) is 0 Å². The number of carbonyl (C=O) groups excluding carboxylic acids is 1. The standard InChI is InChI=1S/C27H53BrNO6PS/c1-2-3-4-5-6-7-8-9-10-11-12-13-14-15-16-17-21-29-27(30)37-26-19-18-22-33-25(26)24-35-36(31,32)34-23-20-28/h25-26H,2-24H2,1H3,(H,29,30)(H,31,32)/t25-,26-/m0/s1. The van der Waals surface area contributed by atoms with E-state index in [0.29, 0.717) is 18.5 Å². The largest absolute Gasteiger partial charge is 0.472 e. The maximum absolute atomic E-state index is 12.4. The Labute approximate surface area is 239 Å². The molecule has 1 rings (SSSR count). The van der Waals surface area contributed by atoms with Gasteiger partial charge in [-0.2, -0.15) is 0 Å². The zero-order valence-electron chi connectivity index (χ0n) is 23.1. The predicted octanol–water partition coefficient (Wildman–Crippen LogP) is 8.77. The summed E-state index contributed by atoms with van der Waals surface area (Å²) in [5.41, 5.74) is 0. The minimum absolute atomic E-state index is 0.0656. The number of amides is 1. The topological polar surface area (TPSA) is 94.1 Å². The number of hydrogen-bond donors (Lipinski definition) is 2. The number of nitrogens with one attached hydrogen (secondary N) is 1. The lowest BCUT2D eigenvalue weighted by molar-refractivity contribution is -0.0144. The Balaban J connectivity index is 1.98. The number of thioether (sulfide) groups is 1. The predicted molar refractivity (Wildman–Crippen MR) is 159 cm³/mol. The van der Waals surface area contributed by atoms with Crippen LogP contribution in [0.15, 0.2) is 0 Å². The Morgan fingerprint density at radius 2 is 1.49 bits per heavy atom. The van der Waals surface area contributed by atoms with Gasteiger partial charge in [-0.3, -0.25) is 13.8 Å². The van der Waals surface area contributed by atoms with E-state index in [1.54, 1.807) is 0 Å². The van der Waals surface area contributed by atoms with E-state index in [4.69, 9.17) is 13.8 Å². The normalized spacial score (nSPS) is 19.5. The van der Waals surface area contributed by atoms with Crippen LogP contribution in [0, 0.1) is 0 Å². The van der Waals surface area contributed by atoms with E-state index in [0.717, 1.165) is 25.7 Å². The highest BCUT2D eigenvalue weighted by Crippen LogP contribution is 2.44. The highest BCUT2D eigenvalue weighted by molar-refractivity contribution is 9.09. The molecule has 0 radical (unpaired) electrons. The average Bonchev–Trinajstić information content (AvgIpc) is 2.89. The molecule has 1 aliphatic heterocycles.